The molecule has 2 heteroatoms. The predicted molar refractivity (Wildman–Crippen MR) is 76.1 cm³/mol. The molecular weight excluding hydrogens is 214 g/mol. The van der Waals surface area contributed by atoms with Gasteiger partial charge in [0.15, 0.2) is 0 Å². The summed E-state index contributed by atoms with van der Waals surface area (Å²) in [6.07, 6.45) is 7.88. The maximum absolute atomic E-state index is 3.71. The lowest BCUT2D eigenvalue weighted by Gasteiger charge is -2.37. The van der Waals surface area contributed by atoms with Gasteiger partial charge in [-0.1, -0.05) is 27.2 Å². The number of rotatable bonds is 6. The SMILES string of the molecule is CCNC(CCSC)C1CCC(C)C(C)C1. The van der Waals surface area contributed by atoms with Crippen LogP contribution in [-0.2, 0) is 0 Å². The van der Waals surface area contributed by atoms with Crippen molar-refractivity contribution in [3.8, 4) is 0 Å². The van der Waals surface area contributed by atoms with E-state index in [1.165, 1.54) is 31.4 Å². The van der Waals surface area contributed by atoms with Gasteiger partial charge in [-0.2, -0.15) is 11.8 Å². The van der Waals surface area contributed by atoms with Crippen LogP contribution in [0, 0.1) is 17.8 Å². The van der Waals surface area contributed by atoms with Crippen LogP contribution in [0.4, 0.5) is 0 Å². The predicted octanol–water partition coefficient (Wildman–Crippen LogP) is 3.79. The molecule has 0 aromatic carbocycles. The average molecular weight is 243 g/mol. The van der Waals surface area contributed by atoms with Crippen LogP contribution in [-0.4, -0.2) is 24.6 Å². The van der Waals surface area contributed by atoms with Crippen molar-refractivity contribution in [1.29, 1.82) is 0 Å². The molecule has 1 rings (SSSR count). The summed E-state index contributed by atoms with van der Waals surface area (Å²) in [7, 11) is 0. The van der Waals surface area contributed by atoms with Gasteiger partial charge < -0.3 is 5.32 Å². The summed E-state index contributed by atoms with van der Waals surface area (Å²) in [4.78, 5) is 0. The third-order valence-corrected chi connectivity index (χ3v) is 4.95. The molecule has 4 atom stereocenters. The molecule has 4 unspecified atom stereocenters. The van der Waals surface area contributed by atoms with Crippen LogP contribution in [0.5, 0.6) is 0 Å². The third kappa shape index (κ3) is 4.29. The van der Waals surface area contributed by atoms with E-state index in [0.717, 1.165) is 30.3 Å². The van der Waals surface area contributed by atoms with Crippen LogP contribution in [0.1, 0.15) is 46.5 Å². The minimum Gasteiger partial charge on any atom is -0.314 e. The number of hydrogen-bond donors (Lipinski definition) is 1. The minimum absolute atomic E-state index is 0.771. The van der Waals surface area contributed by atoms with Crippen LogP contribution in [0.2, 0.25) is 0 Å². The van der Waals surface area contributed by atoms with Crippen molar-refractivity contribution in [1.82, 2.24) is 5.32 Å². The van der Waals surface area contributed by atoms with Crippen molar-refractivity contribution >= 4 is 11.8 Å². The molecule has 1 fully saturated rings. The van der Waals surface area contributed by atoms with E-state index >= 15 is 0 Å². The molecule has 1 aliphatic carbocycles. The Morgan fingerprint density at radius 2 is 2.00 bits per heavy atom. The molecule has 16 heavy (non-hydrogen) atoms. The van der Waals surface area contributed by atoms with Gasteiger partial charge in [0.25, 0.3) is 0 Å². The summed E-state index contributed by atoms with van der Waals surface area (Å²) >= 11 is 1.98. The van der Waals surface area contributed by atoms with Crippen LogP contribution in [0.25, 0.3) is 0 Å². The molecule has 0 aromatic heterocycles. The minimum atomic E-state index is 0.771. The Kier molecular flexibility index (Phi) is 6.83. The molecule has 96 valence electrons. The standard InChI is InChI=1S/C14H29NS/c1-5-15-14(8-9-16-4)13-7-6-11(2)12(3)10-13/h11-15H,5-10H2,1-4H3. The number of hydrogen-bond acceptors (Lipinski definition) is 2. The zero-order valence-corrected chi connectivity index (χ0v) is 12.3. The molecule has 0 spiro atoms. The average Bonchev–Trinajstić information content (AvgIpc) is 2.28. The highest BCUT2D eigenvalue weighted by molar-refractivity contribution is 7.98. The first kappa shape index (κ1) is 14.4. The molecule has 0 aliphatic heterocycles. The van der Waals surface area contributed by atoms with Crippen molar-refractivity contribution < 1.29 is 0 Å². The lowest BCUT2D eigenvalue weighted by atomic mass is 9.73. The highest BCUT2D eigenvalue weighted by atomic mass is 32.2. The summed E-state index contributed by atoms with van der Waals surface area (Å²) < 4.78 is 0. The van der Waals surface area contributed by atoms with Gasteiger partial charge in [0.1, 0.15) is 0 Å². The summed E-state index contributed by atoms with van der Waals surface area (Å²) in [5, 5.41) is 3.71. The van der Waals surface area contributed by atoms with Crippen LogP contribution in [0.3, 0.4) is 0 Å². The molecule has 1 nitrogen and oxygen atoms in total. The Morgan fingerprint density at radius 1 is 1.25 bits per heavy atom. The van der Waals surface area contributed by atoms with Crippen LogP contribution in [0.15, 0.2) is 0 Å². The van der Waals surface area contributed by atoms with Crippen molar-refractivity contribution in [2.75, 3.05) is 18.6 Å². The fraction of sp³-hybridized carbons (Fsp3) is 1.00. The van der Waals surface area contributed by atoms with Gasteiger partial charge in [-0.3, -0.25) is 0 Å². The van der Waals surface area contributed by atoms with E-state index in [-0.39, 0.29) is 0 Å². The van der Waals surface area contributed by atoms with Crippen LogP contribution >= 0.6 is 11.8 Å². The Hall–Kier alpha value is 0.310. The van der Waals surface area contributed by atoms with Gasteiger partial charge >= 0.3 is 0 Å². The first-order valence-electron chi connectivity index (χ1n) is 6.91. The molecule has 0 saturated heterocycles. The summed E-state index contributed by atoms with van der Waals surface area (Å²) in [5.41, 5.74) is 0. The molecule has 0 aromatic rings. The molecule has 0 heterocycles. The fourth-order valence-electron chi connectivity index (χ4n) is 2.97. The fourth-order valence-corrected chi connectivity index (χ4v) is 3.46. The monoisotopic (exact) mass is 243 g/mol. The van der Waals surface area contributed by atoms with E-state index in [0.29, 0.717) is 0 Å². The van der Waals surface area contributed by atoms with E-state index in [1.807, 2.05) is 11.8 Å². The Balaban J connectivity index is 2.43. The molecule has 1 aliphatic rings. The van der Waals surface area contributed by atoms with Gasteiger partial charge in [-0.15, -0.1) is 0 Å². The first-order chi connectivity index (χ1) is 7.69. The van der Waals surface area contributed by atoms with Gasteiger partial charge in [-0.25, -0.2) is 0 Å². The largest absolute Gasteiger partial charge is 0.314 e. The van der Waals surface area contributed by atoms with Crippen molar-refractivity contribution in [3.05, 3.63) is 0 Å². The van der Waals surface area contributed by atoms with Gasteiger partial charge in [0, 0.05) is 6.04 Å². The lowest BCUT2D eigenvalue weighted by Crippen LogP contribution is -2.40. The smallest absolute Gasteiger partial charge is 0.0103 e. The molecule has 0 radical (unpaired) electrons. The number of nitrogens with one attached hydrogen (secondary N) is 1. The maximum atomic E-state index is 3.71. The van der Waals surface area contributed by atoms with E-state index in [9.17, 15) is 0 Å². The molecular formula is C14H29NS. The van der Waals surface area contributed by atoms with E-state index < -0.39 is 0 Å². The molecule has 0 bridgehead atoms. The quantitative estimate of drug-likeness (QED) is 0.762. The second-order valence-corrected chi connectivity index (χ2v) is 6.46. The number of thioether (sulfide) groups is 1. The van der Waals surface area contributed by atoms with Crippen molar-refractivity contribution in [2.45, 2.75) is 52.5 Å². The summed E-state index contributed by atoms with van der Waals surface area (Å²) in [6, 6.07) is 0.771. The highest BCUT2D eigenvalue weighted by Crippen LogP contribution is 2.35. The topological polar surface area (TPSA) is 12.0 Å². The summed E-state index contributed by atoms with van der Waals surface area (Å²) in [5.74, 6) is 4.10. The lowest BCUT2D eigenvalue weighted by molar-refractivity contribution is 0.170. The first-order valence-corrected chi connectivity index (χ1v) is 8.30. The van der Waals surface area contributed by atoms with E-state index in [4.69, 9.17) is 0 Å². The Labute approximate surface area is 106 Å². The van der Waals surface area contributed by atoms with E-state index in [1.54, 1.807) is 0 Å². The maximum Gasteiger partial charge on any atom is 0.0103 e. The highest BCUT2D eigenvalue weighted by Gasteiger charge is 2.29. The normalized spacial score (nSPS) is 32.6. The molecule has 1 N–H and O–H groups in total. The second kappa shape index (κ2) is 7.60. The van der Waals surface area contributed by atoms with Gasteiger partial charge in [-0.05, 0) is 55.6 Å². The second-order valence-electron chi connectivity index (χ2n) is 5.47. The Bertz CT molecular complexity index is 182. The van der Waals surface area contributed by atoms with Crippen LogP contribution < -0.4 is 5.32 Å². The Morgan fingerprint density at radius 3 is 2.56 bits per heavy atom. The third-order valence-electron chi connectivity index (χ3n) is 4.31. The summed E-state index contributed by atoms with van der Waals surface area (Å²) in [6.45, 7) is 8.22. The van der Waals surface area contributed by atoms with Crippen molar-refractivity contribution in [2.24, 2.45) is 17.8 Å². The zero-order chi connectivity index (χ0) is 12.0. The van der Waals surface area contributed by atoms with E-state index in [2.05, 4.69) is 32.3 Å². The molecule has 1 saturated carbocycles. The van der Waals surface area contributed by atoms with Gasteiger partial charge in [0.2, 0.25) is 0 Å². The zero-order valence-electron chi connectivity index (χ0n) is 11.5. The molecule has 0 amide bonds. The van der Waals surface area contributed by atoms with Crippen molar-refractivity contribution in [3.63, 3.8) is 0 Å². The van der Waals surface area contributed by atoms with Gasteiger partial charge in [0.05, 0.1) is 0 Å².